The van der Waals surface area contributed by atoms with Crippen LogP contribution < -0.4 is 10.6 Å². The van der Waals surface area contributed by atoms with Gasteiger partial charge < -0.3 is 15.1 Å². The topological polar surface area (TPSA) is 99.7 Å². The summed E-state index contributed by atoms with van der Waals surface area (Å²) in [6.45, 7) is 0. The van der Waals surface area contributed by atoms with Crippen LogP contribution in [0.5, 0.6) is 0 Å². The molecule has 0 saturated carbocycles. The lowest BCUT2D eigenvalue weighted by atomic mass is 9.86. The zero-order valence-electron chi connectivity index (χ0n) is 18.9. The van der Waals surface area contributed by atoms with Gasteiger partial charge in [0.1, 0.15) is 5.52 Å². The van der Waals surface area contributed by atoms with E-state index < -0.39 is 0 Å². The Morgan fingerprint density at radius 3 is 2.51 bits per heavy atom. The van der Waals surface area contributed by atoms with Gasteiger partial charge in [-0.1, -0.05) is 0 Å². The van der Waals surface area contributed by atoms with Gasteiger partial charge in [0.05, 0.1) is 12.0 Å². The van der Waals surface area contributed by atoms with Crippen LogP contribution in [0.2, 0.25) is 0 Å². The smallest absolute Gasteiger partial charge is 0.227 e. The van der Waals surface area contributed by atoms with E-state index in [2.05, 4.69) is 31.7 Å². The largest absolute Gasteiger partial charge is 0.436 e. The highest BCUT2D eigenvalue weighted by Gasteiger charge is 2.22. The molecule has 0 spiro atoms. The van der Waals surface area contributed by atoms with Gasteiger partial charge in [-0.15, -0.1) is 0 Å². The van der Waals surface area contributed by atoms with Crippen molar-refractivity contribution in [2.75, 3.05) is 10.6 Å². The number of hydrogen-bond acceptors (Lipinski definition) is 7. The minimum absolute atomic E-state index is 0.0502. The second-order valence-electron chi connectivity index (χ2n) is 8.62. The summed E-state index contributed by atoms with van der Waals surface area (Å²) in [7, 11) is 0. The summed E-state index contributed by atoms with van der Waals surface area (Å²) in [6.07, 6.45) is 7.79. The van der Waals surface area contributed by atoms with Gasteiger partial charge in [-0.3, -0.25) is 9.97 Å². The number of nitrogens with one attached hydrogen (secondary N) is 2. The Kier molecular flexibility index (Phi) is 5.32. The van der Waals surface area contributed by atoms with Gasteiger partial charge in [-0.2, -0.15) is 5.26 Å². The van der Waals surface area contributed by atoms with Crippen LogP contribution in [0.25, 0.3) is 22.6 Å². The number of fused-ring (bicyclic) bond motifs is 2. The highest BCUT2D eigenvalue weighted by molar-refractivity contribution is 5.81. The number of oxazole rings is 1. The minimum Gasteiger partial charge on any atom is -0.436 e. The van der Waals surface area contributed by atoms with E-state index in [-0.39, 0.29) is 5.92 Å². The van der Waals surface area contributed by atoms with Gasteiger partial charge in [0, 0.05) is 58.7 Å². The maximum absolute atomic E-state index is 9.36. The third-order valence-corrected chi connectivity index (χ3v) is 6.28. The van der Waals surface area contributed by atoms with Crippen LogP contribution in [0, 0.1) is 17.2 Å². The molecule has 3 aromatic heterocycles. The van der Waals surface area contributed by atoms with Crippen LogP contribution in [0.3, 0.4) is 0 Å². The van der Waals surface area contributed by atoms with E-state index in [9.17, 15) is 5.26 Å². The highest BCUT2D eigenvalue weighted by atomic mass is 16.3. The monoisotopic (exact) mass is 458 g/mol. The summed E-state index contributed by atoms with van der Waals surface area (Å²) in [5, 5.41) is 16.2. The van der Waals surface area contributed by atoms with E-state index in [0.29, 0.717) is 5.89 Å². The molecule has 0 amide bonds. The average Bonchev–Trinajstić information content (AvgIpc) is 3.33. The molecule has 170 valence electrons. The molecule has 1 atom stereocenters. The van der Waals surface area contributed by atoms with E-state index >= 15 is 0 Å². The predicted octanol–water partition coefficient (Wildman–Crippen LogP) is 6.40. The molecular weight excluding hydrogens is 436 g/mol. The van der Waals surface area contributed by atoms with Crippen molar-refractivity contribution in [1.29, 1.82) is 5.26 Å². The fraction of sp³-hybridized carbons (Fsp3) is 0.143. The Morgan fingerprint density at radius 1 is 0.886 bits per heavy atom. The normalized spacial score (nSPS) is 14.8. The average molecular weight is 459 g/mol. The number of aromatic nitrogens is 3. The number of aryl methyl sites for hydroxylation is 1. The lowest BCUT2D eigenvalue weighted by Crippen LogP contribution is -2.15. The summed E-state index contributed by atoms with van der Waals surface area (Å²) < 4.78 is 6.07. The molecule has 35 heavy (non-hydrogen) atoms. The molecule has 6 rings (SSSR count). The van der Waals surface area contributed by atoms with Gasteiger partial charge in [0.2, 0.25) is 5.89 Å². The van der Waals surface area contributed by atoms with Crippen LogP contribution >= 0.6 is 0 Å². The molecule has 1 aliphatic carbocycles. The fourth-order valence-electron chi connectivity index (χ4n) is 4.45. The number of nitrogens with zero attached hydrogens (tertiary/aromatic N) is 4. The Bertz CT molecular complexity index is 1540. The molecule has 0 bridgehead atoms. The summed E-state index contributed by atoms with van der Waals surface area (Å²) >= 11 is 0. The zero-order chi connectivity index (χ0) is 23.6. The number of anilines is 4. The second kappa shape index (κ2) is 8.92. The number of nitriles is 1. The molecule has 0 fully saturated rings. The quantitative estimate of drug-likeness (QED) is 0.314. The first-order valence-electron chi connectivity index (χ1n) is 11.6. The second-order valence-corrected chi connectivity index (χ2v) is 8.62. The molecule has 7 nitrogen and oxygen atoms in total. The lowest BCUT2D eigenvalue weighted by Gasteiger charge is -2.22. The molecule has 2 aromatic carbocycles. The molecule has 1 unspecified atom stereocenters. The van der Waals surface area contributed by atoms with E-state index in [1.54, 1.807) is 12.4 Å². The maximum Gasteiger partial charge on any atom is 0.227 e. The third kappa shape index (κ3) is 4.30. The molecule has 5 aromatic rings. The van der Waals surface area contributed by atoms with E-state index in [4.69, 9.17) is 4.42 Å². The maximum atomic E-state index is 9.36. The van der Waals surface area contributed by atoms with Gasteiger partial charge >= 0.3 is 0 Å². The van der Waals surface area contributed by atoms with Crippen LogP contribution in [-0.4, -0.2) is 15.0 Å². The van der Waals surface area contributed by atoms with E-state index in [1.807, 2.05) is 66.9 Å². The fourth-order valence-corrected chi connectivity index (χ4v) is 4.45. The molecule has 7 heteroatoms. The summed E-state index contributed by atoms with van der Waals surface area (Å²) in [5.74, 6) is 0.625. The van der Waals surface area contributed by atoms with Crippen molar-refractivity contribution < 1.29 is 4.42 Å². The van der Waals surface area contributed by atoms with Crippen LogP contribution in [-0.2, 0) is 12.8 Å². The summed E-state index contributed by atoms with van der Waals surface area (Å²) in [4.78, 5) is 13.2. The summed E-state index contributed by atoms with van der Waals surface area (Å²) in [5.41, 5.74) is 8.50. The Balaban J connectivity index is 1.21. The third-order valence-electron chi connectivity index (χ3n) is 6.28. The summed E-state index contributed by atoms with van der Waals surface area (Å²) in [6, 6.07) is 22.1. The Morgan fingerprint density at radius 2 is 1.69 bits per heavy atom. The van der Waals surface area contributed by atoms with E-state index in [0.717, 1.165) is 69.9 Å². The van der Waals surface area contributed by atoms with Crippen LogP contribution in [0.15, 0.2) is 83.7 Å². The molecule has 0 aliphatic heterocycles. The molecular formula is C28H22N6O. The predicted molar refractivity (Wildman–Crippen MR) is 136 cm³/mol. The zero-order valence-corrected chi connectivity index (χ0v) is 18.9. The standard InChI is InChI=1S/C28H22N6O/c29-17-18-1-7-24-23(15-18)25(11-14-31-24)33-20-4-2-19(3-5-20)28-34-26-8-6-22(16-27(26)35-28)32-21-9-12-30-13-10-21/h2-6,8-14,16,18H,1,7,15H2,(H,30,32)(H,31,33). The molecule has 1 aliphatic rings. The Hall–Kier alpha value is -4.70. The number of benzene rings is 2. The van der Waals surface area contributed by atoms with Gasteiger partial charge in [-0.25, -0.2) is 4.98 Å². The van der Waals surface area contributed by atoms with Crippen molar-refractivity contribution in [2.45, 2.75) is 19.3 Å². The first-order valence-corrected chi connectivity index (χ1v) is 11.6. The van der Waals surface area contributed by atoms with Gasteiger partial charge in [0.25, 0.3) is 0 Å². The van der Waals surface area contributed by atoms with Gasteiger partial charge in [0.15, 0.2) is 5.58 Å². The van der Waals surface area contributed by atoms with Crippen LogP contribution in [0.1, 0.15) is 17.7 Å². The number of pyridine rings is 2. The van der Waals surface area contributed by atoms with Crippen molar-refractivity contribution >= 4 is 33.8 Å². The van der Waals surface area contributed by atoms with Crippen LogP contribution in [0.4, 0.5) is 22.7 Å². The van der Waals surface area contributed by atoms with Crippen molar-refractivity contribution in [3.8, 4) is 17.5 Å². The van der Waals surface area contributed by atoms with Gasteiger partial charge in [-0.05, 0) is 79.4 Å². The lowest BCUT2D eigenvalue weighted by molar-refractivity contribution is 0.556. The minimum atomic E-state index is 0.0502. The number of hydrogen-bond donors (Lipinski definition) is 2. The number of rotatable bonds is 5. The van der Waals surface area contributed by atoms with E-state index in [1.165, 1.54) is 0 Å². The molecule has 3 heterocycles. The van der Waals surface area contributed by atoms with Crippen molar-refractivity contribution in [3.05, 3.63) is 90.5 Å². The highest BCUT2D eigenvalue weighted by Crippen LogP contribution is 2.32. The van der Waals surface area contributed by atoms with Crippen molar-refractivity contribution in [3.63, 3.8) is 0 Å². The SMILES string of the molecule is N#CC1CCc2nccc(Nc3ccc(-c4nc5ccc(Nc6ccncc6)cc5o4)cc3)c2C1. The van der Waals surface area contributed by atoms with Crippen molar-refractivity contribution in [2.24, 2.45) is 5.92 Å². The Labute approximate surface area is 202 Å². The molecule has 0 radical (unpaired) electrons. The van der Waals surface area contributed by atoms with Crippen molar-refractivity contribution in [1.82, 2.24) is 15.0 Å². The first kappa shape index (κ1) is 20.9. The molecule has 2 N–H and O–H groups in total. The molecule has 0 saturated heterocycles. The first-order chi connectivity index (χ1) is 17.2.